The lowest BCUT2D eigenvalue weighted by Crippen LogP contribution is -2.32. The molecule has 2 rings (SSSR count). The van der Waals surface area contributed by atoms with Gasteiger partial charge in [-0.1, -0.05) is 22.0 Å². The van der Waals surface area contributed by atoms with Gasteiger partial charge in [0, 0.05) is 25.1 Å². The molecule has 1 atom stereocenters. The first-order valence-electron chi connectivity index (χ1n) is 5.77. The lowest BCUT2D eigenvalue weighted by atomic mass is 10.1. The molecule has 0 saturated carbocycles. The Bertz CT molecular complexity index is 447. The van der Waals surface area contributed by atoms with Crippen molar-refractivity contribution in [1.29, 1.82) is 0 Å². The van der Waals surface area contributed by atoms with E-state index in [4.69, 9.17) is 4.74 Å². The second-order valence-electron chi connectivity index (χ2n) is 4.34. The molecular formula is C12H15BrN2O3. The van der Waals surface area contributed by atoms with Crippen molar-refractivity contribution < 1.29 is 9.66 Å². The van der Waals surface area contributed by atoms with Crippen LogP contribution in [0.3, 0.4) is 0 Å². The maximum absolute atomic E-state index is 11.1. The zero-order chi connectivity index (χ0) is 13.1. The van der Waals surface area contributed by atoms with Crippen LogP contribution in [0.25, 0.3) is 0 Å². The summed E-state index contributed by atoms with van der Waals surface area (Å²) in [6, 6.07) is 5.56. The van der Waals surface area contributed by atoms with Gasteiger partial charge in [-0.2, -0.15) is 0 Å². The van der Waals surface area contributed by atoms with Crippen LogP contribution in [-0.2, 0) is 10.1 Å². The molecule has 1 unspecified atom stereocenters. The molecule has 0 N–H and O–H groups in total. The summed E-state index contributed by atoms with van der Waals surface area (Å²) in [5.41, 5.74) is 1.71. The Kier molecular flexibility index (Phi) is 4.19. The van der Waals surface area contributed by atoms with E-state index in [0.29, 0.717) is 17.6 Å². The lowest BCUT2D eigenvalue weighted by molar-refractivity contribution is -0.384. The van der Waals surface area contributed by atoms with Crippen molar-refractivity contribution in [3.63, 3.8) is 0 Å². The van der Waals surface area contributed by atoms with E-state index in [9.17, 15) is 10.1 Å². The third-order valence-corrected chi connectivity index (χ3v) is 3.87. The zero-order valence-electron chi connectivity index (χ0n) is 10.1. The normalized spacial score (nSPS) is 18.9. The highest BCUT2D eigenvalue weighted by Gasteiger charge is 2.25. The molecule has 6 heteroatoms. The van der Waals surface area contributed by atoms with Gasteiger partial charge in [-0.05, 0) is 18.1 Å². The van der Waals surface area contributed by atoms with Crippen molar-refractivity contribution >= 4 is 27.3 Å². The largest absolute Gasteiger partial charge is 0.379 e. The fraction of sp³-hybridized carbons (Fsp3) is 0.500. The van der Waals surface area contributed by atoms with E-state index >= 15 is 0 Å². The van der Waals surface area contributed by atoms with Gasteiger partial charge in [0.15, 0.2) is 0 Å². The number of likely N-dealkylation sites (N-methyl/N-ethyl adjacent to an activating group) is 1. The number of hydrogen-bond acceptors (Lipinski definition) is 4. The van der Waals surface area contributed by atoms with E-state index < -0.39 is 0 Å². The number of benzene rings is 1. The second-order valence-corrected chi connectivity index (χ2v) is 4.90. The van der Waals surface area contributed by atoms with Crippen LogP contribution >= 0.6 is 15.9 Å². The van der Waals surface area contributed by atoms with Gasteiger partial charge in [-0.25, -0.2) is 0 Å². The summed E-state index contributed by atoms with van der Waals surface area (Å²) in [6.45, 7) is 1.36. The number of rotatable bonds is 4. The number of ether oxygens (including phenoxy) is 1. The van der Waals surface area contributed by atoms with Crippen molar-refractivity contribution in [1.82, 2.24) is 0 Å². The van der Waals surface area contributed by atoms with E-state index in [-0.39, 0.29) is 16.7 Å². The average molecular weight is 315 g/mol. The van der Waals surface area contributed by atoms with Crippen LogP contribution in [0.5, 0.6) is 0 Å². The van der Waals surface area contributed by atoms with Gasteiger partial charge in [-0.15, -0.1) is 0 Å². The third kappa shape index (κ3) is 2.64. The number of hydrogen-bond donors (Lipinski definition) is 0. The Labute approximate surface area is 114 Å². The van der Waals surface area contributed by atoms with Crippen LogP contribution in [0.4, 0.5) is 11.4 Å². The number of nitrogens with zero attached hydrogens (tertiary/aromatic N) is 2. The van der Waals surface area contributed by atoms with Gasteiger partial charge in [0.25, 0.3) is 5.69 Å². The predicted octanol–water partition coefficient (Wildman–Crippen LogP) is 2.71. The van der Waals surface area contributed by atoms with E-state index in [1.807, 2.05) is 24.1 Å². The Balaban J connectivity index is 2.33. The van der Waals surface area contributed by atoms with Gasteiger partial charge in [0.1, 0.15) is 5.69 Å². The molecule has 18 heavy (non-hydrogen) atoms. The van der Waals surface area contributed by atoms with Gasteiger partial charge in [-0.3, -0.25) is 10.1 Å². The maximum atomic E-state index is 11.1. The van der Waals surface area contributed by atoms with Crippen LogP contribution in [0.1, 0.15) is 12.0 Å². The van der Waals surface area contributed by atoms with Crippen molar-refractivity contribution in [2.24, 2.45) is 0 Å². The van der Waals surface area contributed by atoms with Crippen LogP contribution in [0.2, 0.25) is 0 Å². The summed E-state index contributed by atoms with van der Waals surface area (Å²) >= 11 is 3.31. The van der Waals surface area contributed by atoms with Crippen LogP contribution in [-0.4, -0.2) is 31.2 Å². The topological polar surface area (TPSA) is 55.6 Å². The molecule has 0 radical (unpaired) electrons. The highest BCUT2D eigenvalue weighted by molar-refractivity contribution is 9.08. The molecule has 98 valence electrons. The molecule has 0 bridgehead atoms. The minimum absolute atomic E-state index is 0.154. The van der Waals surface area contributed by atoms with Crippen molar-refractivity contribution in [2.45, 2.75) is 17.8 Å². The summed E-state index contributed by atoms with van der Waals surface area (Å²) in [5.74, 6) is 0. The van der Waals surface area contributed by atoms with Crippen molar-refractivity contribution in [3.8, 4) is 0 Å². The SMILES string of the molecule is CN(c1ccc(CBr)cc1[N+](=O)[O-])C1CCOC1. The second kappa shape index (κ2) is 5.67. The molecule has 0 aliphatic carbocycles. The summed E-state index contributed by atoms with van der Waals surface area (Å²) in [4.78, 5) is 12.8. The first kappa shape index (κ1) is 13.3. The first-order valence-corrected chi connectivity index (χ1v) is 6.89. The Morgan fingerprint density at radius 1 is 1.61 bits per heavy atom. The van der Waals surface area contributed by atoms with E-state index in [2.05, 4.69) is 15.9 Å². The number of nitro benzene ring substituents is 1. The minimum atomic E-state index is -0.326. The number of anilines is 1. The third-order valence-electron chi connectivity index (χ3n) is 3.22. The van der Waals surface area contributed by atoms with Crippen molar-refractivity contribution in [3.05, 3.63) is 33.9 Å². The molecule has 1 aromatic carbocycles. The van der Waals surface area contributed by atoms with E-state index in [1.54, 1.807) is 6.07 Å². The molecule has 0 amide bonds. The Hall–Kier alpha value is -1.14. The summed E-state index contributed by atoms with van der Waals surface area (Å²) in [5, 5.41) is 11.8. The lowest BCUT2D eigenvalue weighted by Gasteiger charge is -2.25. The summed E-state index contributed by atoms with van der Waals surface area (Å²) in [7, 11) is 1.88. The van der Waals surface area contributed by atoms with Crippen LogP contribution < -0.4 is 4.90 Å². The van der Waals surface area contributed by atoms with E-state index in [1.165, 1.54) is 0 Å². The maximum Gasteiger partial charge on any atom is 0.292 e. The monoisotopic (exact) mass is 314 g/mol. The molecular weight excluding hydrogens is 300 g/mol. The highest BCUT2D eigenvalue weighted by Crippen LogP contribution is 2.31. The molecule has 1 aliphatic rings. The molecule has 5 nitrogen and oxygen atoms in total. The summed E-state index contributed by atoms with van der Waals surface area (Å²) in [6.07, 6.45) is 0.911. The van der Waals surface area contributed by atoms with Crippen LogP contribution in [0.15, 0.2) is 18.2 Å². The molecule has 1 heterocycles. The van der Waals surface area contributed by atoms with E-state index in [0.717, 1.165) is 18.6 Å². The fourth-order valence-corrected chi connectivity index (χ4v) is 2.47. The quantitative estimate of drug-likeness (QED) is 0.487. The van der Waals surface area contributed by atoms with Crippen molar-refractivity contribution in [2.75, 3.05) is 25.2 Å². The molecule has 1 aliphatic heterocycles. The van der Waals surface area contributed by atoms with Gasteiger partial charge in [0.2, 0.25) is 0 Å². The molecule has 1 aromatic rings. The van der Waals surface area contributed by atoms with Gasteiger partial charge >= 0.3 is 0 Å². The first-order chi connectivity index (χ1) is 8.63. The number of nitro groups is 1. The number of halogens is 1. The molecule has 1 fully saturated rings. The Morgan fingerprint density at radius 3 is 2.94 bits per heavy atom. The standard InChI is InChI=1S/C12H15BrN2O3/c1-14(10-4-5-18-8-10)11-3-2-9(7-13)6-12(11)15(16)17/h2-3,6,10H,4-5,7-8H2,1H3. The fourth-order valence-electron chi connectivity index (χ4n) is 2.12. The van der Waals surface area contributed by atoms with Crippen LogP contribution in [0, 0.1) is 10.1 Å². The highest BCUT2D eigenvalue weighted by atomic mass is 79.9. The van der Waals surface area contributed by atoms with Gasteiger partial charge < -0.3 is 9.64 Å². The zero-order valence-corrected chi connectivity index (χ0v) is 11.7. The number of alkyl halides is 1. The minimum Gasteiger partial charge on any atom is -0.379 e. The predicted molar refractivity (Wildman–Crippen MR) is 73.4 cm³/mol. The molecule has 0 spiro atoms. The van der Waals surface area contributed by atoms with Gasteiger partial charge in [0.05, 0.1) is 17.6 Å². The average Bonchev–Trinajstić information content (AvgIpc) is 2.91. The molecule has 1 saturated heterocycles. The molecule has 0 aromatic heterocycles. The summed E-state index contributed by atoms with van der Waals surface area (Å²) < 4.78 is 5.33. The smallest absolute Gasteiger partial charge is 0.292 e. The Morgan fingerprint density at radius 2 is 2.39 bits per heavy atom.